The normalized spacial score (nSPS) is 10.3. The second-order valence-electron chi connectivity index (χ2n) is 3.56. The van der Waals surface area contributed by atoms with Crippen LogP contribution in [0, 0.1) is 18.8 Å². The lowest BCUT2D eigenvalue weighted by Gasteiger charge is -1.98. The molecular weight excluding hydrogens is 188 g/mol. The van der Waals surface area contributed by atoms with E-state index in [-0.39, 0.29) is 0 Å². The van der Waals surface area contributed by atoms with Gasteiger partial charge in [0.05, 0.1) is 5.69 Å². The Bertz CT molecular complexity index is 486. The molecule has 0 aliphatic rings. The number of nitroso groups, excluding NO2 is 1. The predicted octanol–water partition coefficient (Wildman–Crippen LogP) is 3.70. The number of aryl methyl sites for hydroxylation is 1. The molecule has 76 valence electrons. The first-order chi connectivity index (χ1) is 7.24. The minimum absolute atomic E-state index is 0.522. The quantitative estimate of drug-likeness (QED) is 0.738. The van der Waals surface area contributed by atoms with Gasteiger partial charge >= 0.3 is 0 Å². The van der Waals surface area contributed by atoms with Crippen molar-refractivity contribution in [2.24, 2.45) is 5.18 Å². The molecule has 1 N–H and O–H groups in total. The molecule has 0 aliphatic heterocycles. The summed E-state index contributed by atoms with van der Waals surface area (Å²) in [7, 11) is 0. The molecule has 3 heteroatoms. The minimum Gasteiger partial charge on any atom is -0.356 e. The van der Waals surface area contributed by atoms with Crippen LogP contribution in [-0.4, -0.2) is 4.98 Å². The fourth-order valence-electron chi connectivity index (χ4n) is 1.77. The van der Waals surface area contributed by atoms with Crippen molar-refractivity contribution in [2.75, 3.05) is 0 Å². The summed E-state index contributed by atoms with van der Waals surface area (Å²) >= 11 is 0. The Kier molecular flexibility index (Phi) is 2.37. The van der Waals surface area contributed by atoms with Crippen LogP contribution in [0.25, 0.3) is 11.3 Å². The lowest BCUT2D eigenvalue weighted by Crippen LogP contribution is -1.79. The summed E-state index contributed by atoms with van der Waals surface area (Å²) in [5.41, 5.74) is 4.31. The first kappa shape index (κ1) is 9.65. The van der Waals surface area contributed by atoms with Gasteiger partial charge < -0.3 is 4.98 Å². The van der Waals surface area contributed by atoms with Crippen molar-refractivity contribution < 1.29 is 0 Å². The lowest BCUT2D eigenvalue weighted by atomic mass is 10.1. The minimum atomic E-state index is 0.522. The smallest absolute Gasteiger partial charge is 0.131 e. The highest BCUT2D eigenvalue weighted by molar-refractivity contribution is 5.71. The molecule has 0 fully saturated rings. The third kappa shape index (κ3) is 1.56. The zero-order valence-electron chi connectivity index (χ0n) is 8.74. The van der Waals surface area contributed by atoms with Crippen molar-refractivity contribution in [2.45, 2.75) is 13.8 Å². The SMILES string of the molecule is Cc1[nH]c(-c2ccccc2)c(C)c1N=O. The topological polar surface area (TPSA) is 45.2 Å². The summed E-state index contributed by atoms with van der Waals surface area (Å²) in [6.07, 6.45) is 0. The van der Waals surface area contributed by atoms with Gasteiger partial charge in [-0.25, -0.2) is 0 Å². The number of aromatic amines is 1. The highest BCUT2D eigenvalue weighted by atomic mass is 16.3. The van der Waals surface area contributed by atoms with E-state index in [2.05, 4.69) is 10.2 Å². The van der Waals surface area contributed by atoms with E-state index in [1.54, 1.807) is 0 Å². The second kappa shape index (κ2) is 3.69. The summed E-state index contributed by atoms with van der Waals surface area (Å²) in [6, 6.07) is 9.92. The number of hydrogen-bond acceptors (Lipinski definition) is 2. The van der Waals surface area contributed by atoms with E-state index in [9.17, 15) is 4.91 Å². The van der Waals surface area contributed by atoms with Crippen LogP contribution >= 0.6 is 0 Å². The predicted molar refractivity (Wildman–Crippen MR) is 61.2 cm³/mol. The number of H-pyrrole nitrogens is 1. The second-order valence-corrected chi connectivity index (χ2v) is 3.56. The molecule has 0 saturated heterocycles. The van der Waals surface area contributed by atoms with E-state index in [0.29, 0.717) is 5.69 Å². The molecule has 0 saturated carbocycles. The van der Waals surface area contributed by atoms with Crippen LogP contribution in [0.4, 0.5) is 5.69 Å². The monoisotopic (exact) mass is 200 g/mol. The summed E-state index contributed by atoms with van der Waals surface area (Å²) < 4.78 is 0. The molecule has 0 unspecified atom stereocenters. The van der Waals surface area contributed by atoms with Crippen LogP contribution < -0.4 is 0 Å². The van der Waals surface area contributed by atoms with Gasteiger partial charge in [-0.3, -0.25) is 0 Å². The van der Waals surface area contributed by atoms with Crippen molar-refractivity contribution in [3.8, 4) is 11.3 Å². The average molecular weight is 200 g/mol. The highest BCUT2D eigenvalue weighted by Gasteiger charge is 2.12. The molecule has 0 bridgehead atoms. The molecule has 1 aromatic heterocycles. The first-order valence-corrected chi connectivity index (χ1v) is 4.82. The summed E-state index contributed by atoms with van der Waals surface area (Å²) in [4.78, 5) is 13.8. The number of hydrogen-bond donors (Lipinski definition) is 1. The Hall–Kier alpha value is -1.90. The number of benzene rings is 1. The van der Waals surface area contributed by atoms with Crippen molar-refractivity contribution in [3.63, 3.8) is 0 Å². The van der Waals surface area contributed by atoms with Crippen LogP contribution in [-0.2, 0) is 0 Å². The van der Waals surface area contributed by atoms with Crippen molar-refractivity contribution in [1.82, 2.24) is 4.98 Å². The summed E-state index contributed by atoms with van der Waals surface area (Å²) in [6.45, 7) is 3.76. The van der Waals surface area contributed by atoms with Crippen LogP contribution in [0.15, 0.2) is 35.5 Å². The van der Waals surface area contributed by atoms with E-state index in [1.807, 2.05) is 44.2 Å². The standard InChI is InChI=1S/C12H12N2O/c1-8-11(14-15)9(2)13-12(8)10-6-4-3-5-7-10/h3-7,13H,1-2H3. The number of aromatic nitrogens is 1. The van der Waals surface area contributed by atoms with Gasteiger partial charge in [-0.05, 0) is 24.6 Å². The van der Waals surface area contributed by atoms with Gasteiger partial charge in [-0.1, -0.05) is 30.3 Å². The Morgan fingerprint density at radius 1 is 1.13 bits per heavy atom. The van der Waals surface area contributed by atoms with E-state index >= 15 is 0 Å². The van der Waals surface area contributed by atoms with Gasteiger partial charge in [-0.15, -0.1) is 4.91 Å². The van der Waals surface area contributed by atoms with Gasteiger partial charge in [0.25, 0.3) is 0 Å². The fraction of sp³-hybridized carbons (Fsp3) is 0.167. The number of nitrogens with zero attached hydrogens (tertiary/aromatic N) is 1. The van der Waals surface area contributed by atoms with Gasteiger partial charge in [0.1, 0.15) is 5.69 Å². The maximum atomic E-state index is 10.6. The largest absolute Gasteiger partial charge is 0.356 e. The molecule has 1 heterocycles. The Morgan fingerprint density at radius 2 is 1.80 bits per heavy atom. The molecule has 0 aliphatic carbocycles. The fourth-order valence-corrected chi connectivity index (χ4v) is 1.77. The van der Waals surface area contributed by atoms with E-state index in [4.69, 9.17) is 0 Å². The van der Waals surface area contributed by atoms with E-state index < -0.39 is 0 Å². The maximum absolute atomic E-state index is 10.6. The van der Waals surface area contributed by atoms with Crippen LogP contribution in [0.5, 0.6) is 0 Å². The molecule has 3 nitrogen and oxygen atoms in total. The van der Waals surface area contributed by atoms with Crippen LogP contribution in [0.1, 0.15) is 11.3 Å². The molecule has 0 spiro atoms. The molecule has 2 aromatic rings. The molecular formula is C12H12N2O. The first-order valence-electron chi connectivity index (χ1n) is 4.82. The zero-order chi connectivity index (χ0) is 10.8. The Morgan fingerprint density at radius 3 is 2.33 bits per heavy atom. The third-order valence-electron chi connectivity index (χ3n) is 2.55. The number of rotatable bonds is 2. The maximum Gasteiger partial charge on any atom is 0.131 e. The lowest BCUT2D eigenvalue weighted by molar-refractivity contribution is 1.25. The highest BCUT2D eigenvalue weighted by Crippen LogP contribution is 2.32. The van der Waals surface area contributed by atoms with Crippen molar-refractivity contribution >= 4 is 5.69 Å². The zero-order valence-corrected chi connectivity index (χ0v) is 8.74. The Labute approximate surface area is 88.1 Å². The molecule has 1 aromatic carbocycles. The van der Waals surface area contributed by atoms with E-state index in [0.717, 1.165) is 22.5 Å². The van der Waals surface area contributed by atoms with Crippen molar-refractivity contribution in [3.05, 3.63) is 46.5 Å². The summed E-state index contributed by atoms with van der Waals surface area (Å²) in [5.74, 6) is 0. The average Bonchev–Trinajstić information content (AvgIpc) is 2.55. The summed E-state index contributed by atoms with van der Waals surface area (Å²) in [5, 5.41) is 3.03. The van der Waals surface area contributed by atoms with Gasteiger partial charge in [0.2, 0.25) is 0 Å². The third-order valence-corrected chi connectivity index (χ3v) is 2.55. The molecule has 0 atom stereocenters. The van der Waals surface area contributed by atoms with Gasteiger partial charge in [0, 0.05) is 11.3 Å². The molecule has 0 radical (unpaired) electrons. The number of nitrogens with one attached hydrogen (secondary N) is 1. The molecule has 15 heavy (non-hydrogen) atoms. The van der Waals surface area contributed by atoms with Gasteiger partial charge in [0.15, 0.2) is 0 Å². The van der Waals surface area contributed by atoms with Crippen LogP contribution in [0.2, 0.25) is 0 Å². The van der Waals surface area contributed by atoms with Gasteiger partial charge in [-0.2, -0.15) is 0 Å². The van der Waals surface area contributed by atoms with Crippen molar-refractivity contribution in [1.29, 1.82) is 0 Å². The molecule has 0 amide bonds. The van der Waals surface area contributed by atoms with E-state index in [1.165, 1.54) is 0 Å². The van der Waals surface area contributed by atoms with Crippen LogP contribution in [0.3, 0.4) is 0 Å². The Balaban J connectivity index is 2.60. The molecule has 2 rings (SSSR count).